The van der Waals surface area contributed by atoms with E-state index in [1.54, 1.807) is 0 Å². The van der Waals surface area contributed by atoms with Crippen molar-refractivity contribution < 1.29 is 17.9 Å². The molecule has 0 radical (unpaired) electrons. The van der Waals surface area contributed by atoms with E-state index in [0.717, 1.165) is 25.0 Å². The molecule has 1 rings (SSSR count). The second-order valence-electron chi connectivity index (χ2n) is 2.90. The van der Waals surface area contributed by atoms with E-state index in [9.17, 15) is 13.2 Å². The largest absolute Gasteiger partial charge is 0.493 e. The molecule has 0 aliphatic heterocycles. The second kappa shape index (κ2) is 4.88. The van der Waals surface area contributed by atoms with Gasteiger partial charge < -0.3 is 4.74 Å². The Kier molecular flexibility index (Phi) is 3.80. The van der Waals surface area contributed by atoms with Crippen LogP contribution in [-0.4, -0.2) is 6.61 Å². The second-order valence-corrected chi connectivity index (χ2v) is 2.90. The lowest BCUT2D eigenvalue weighted by Gasteiger charge is -2.05. The molecule has 1 aromatic carbocycles. The van der Waals surface area contributed by atoms with E-state index in [4.69, 9.17) is 4.74 Å². The van der Waals surface area contributed by atoms with E-state index in [-0.39, 0.29) is 5.75 Å². The molecular weight excluding hydrogens is 193 g/mol. The van der Waals surface area contributed by atoms with Crippen molar-refractivity contribution in [2.45, 2.75) is 19.8 Å². The molecule has 14 heavy (non-hydrogen) atoms. The summed E-state index contributed by atoms with van der Waals surface area (Å²) in [6, 6.07) is 1.68. The minimum absolute atomic E-state index is 0.0230. The molecule has 0 amide bonds. The van der Waals surface area contributed by atoms with Gasteiger partial charge in [0.15, 0.2) is 17.5 Å². The van der Waals surface area contributed by atoms with Crippen molar-refractivity contribution in [1.29, 1.82) is 0 Å². The van der Waals surface area contributed by atoms with E-state index in [0.29, 0.717) is 6.61 Å². The molecule has 78 valence electrons. The third-order valence-corrected chi connectivity index (χ3v) is 1.72. The Hall–Kier alpha value is -1.19. The highest BCUT2D eigenvalue weighted by atomic mass is 19.2. The predicted octanol–water partition coefficient (Wildman–Crippen LogP) is 3.28. The molecule has 0 unspecified atom stereocenters. The van der Waals surface area contributed by atoms with Crippen molar-refractivity contribution >= 4 is 0 Å². The van der Waals surface area contributed by atoms with Gasteiger partial charge in [-0.25, -0.2) is 13.2 Å². The van der Waals surface area contributed by atoms with Crippen LogP contribution in [0, 0.1) is 17.5 Å². The number of halogens is 3. The Balaban J connectivity index is 2.69. The monoisotopic (exact) mass is 204 g/mol. The van der Waals surface area contributed by atoms with Gasteiger partial charge in [-0.1, -0.05) is 13.3 Å². The highest BCUT2D eigenvalue weighted by molar-refractivity contribution is 5.24. The quantitative estimate of drug-likeness (QED) is 0.540. The van der Waals surface area contributed by atoms with E-state index in [1.807, 2.05) is 6.92 Å². The Labute approximate surface area is 80.5 Å². The van der Waals surface area contributed by atoms with Gasteiger partial charge in [-0.15, -0.1) is 0 Å². The van der Waals surface area contributed by atoms with Gasteiger partial charge in [0.2, 0.25) is 0 Å². The van der Waals surface area contributed by atoms with Gasteiger partial charge in [-0.05, 0) is 6.42 Å². The zero-order valence-electron chi connectivity index (χ0n) is 7.82. The van der Waals surface area contributed by atoms with Gasteiger partial charge in [-0.2, -0.15) is 0 Å². The lowest BCUT2D eigenvalue weighted by molar-refractivity contribution is 0.303. The molecule has 0 aliphatic rings. The van der Waals surface area contributed by atoms with Gasteiger partial charge >= 0.3 is 0 Å². The first kappa shape index (κ1) is 10.9. The zero-order valence-corrected chi connectivity index (χ0v) is 7.82. The van der Waals surface area contributed by atoms with Crippen molar-refractivity contribution in [2.24, 2.45) is 0 Å². The third kappa shape index (κ3) is 2.65. The molecule has 0 saturated heterocycles. The molecule has 0 aliphatic carbocycles. The third-order valence-electron chi connectivity index (χ3n) is 1.72. The fraction of sp³-hybridized carbons (Fsp3) is 0.400. The van der Waals surface area contributed by atoms with Crippen LogP contribution in [-0.2, 0) is 0 Å². The maximum Gasteiger partial charge on any atom is 0.194 e. The fourth-order valence-electron chi connectivity index (χ4n) is 0.950. The minimum atomic E-state index is -1.46. The van der Waals surface area contributed by atoms with Gasteiger partial charge in [0, 0.05) is 12.1 Å². The molecule has 0 aromatic heterocycles. The van der Waals surface area contributed by atoms with Crippen molar-refractivity contribution in [3.8, 4) is 5.75 Å². The van der Waals surface area contributed by atoms with E-state index >= 15 is 0 Å². The summed E-state index contributed by atoms with van der Waals surface area (Å²) in [4.78, 5) is 0. The molecule has 1 nitrogen and oxygen atoms in total. The number of hydrogen-bond donors (Lipinski definition) is 0. The van der Waals surface area contributed by atoms with Gasteiger partial charge in [0.1, 0.15) is 5.75 Å². The van der Waals surface area contributed by atoms with Crippen LogP contribution in [0.3, 0.4) is 0 Å². The summed E-state index contributed by atoms with van der Waals surface area (Å²) in [6.07, 6.45) is 1.72. The predicted molar refractivity (Wildman–Crippen MR) is 46.7 cm³/mol. The summed E-state index contributed by atoms with van der Waals surface area (Å²) in [7, 11) is 0. The fourth-order valence-corrected chi connectivity index (χ4v) is 0.950. The van der Waals surface area contributed by atoms with Crippen LogP contribution in [0.1, 0.15) is 19.8 Å². The Morgan fingerprint density at radius 3 is 2.21 bits per heavy atom. The van der Waals surface area contributed by atoms with Crippen molar-refractivity contribution in [2.75, 3.05) is 6.61 Å². The van der Waals surface area contributed by atoms with Crippen molar-refractivity contribution in [1.82, 2.24) is 0 Å². The number of unbranched alkanes of at least 4 members (excludes halogenated alkanes) is 1. The Morgan fingerprint density at radius 1 is 1.14 bits per heavy atom. The van der Waals surface area contributed by atoms with Gasteiger partial charge in [0.05, 0.1) is 6.61 Å². The molecule has 0 atom stereocenters. The van der Waals surface area contributed by atoms with E-state index in [1.165, 1.54) is 0 Å². The van der Waals surface area contributed by atoms with Crippen LogP contribution in [0.2, 0.25) is 0 Å². The lowest BCUT2D eigenvalue weighted by Crippen LogP contribution is -1.99. The molecule has 0 spiro atoms. The highest BCUT2D eigenvalue weighted by Crippen LogP contribution is 2.19. The lowest BCUT2D eigenvalue weighted by atomic mass is 10.3. The molecule has 0 heterocycles. The average Bonchev–Trinajstić information content (AvgIpc) is 2.14. The maximum absolute atomic E-state index is 12.7. The van der Waals surface area contributed by atoms with Crippen LogP contribution >= 0.6 is 0 Å². The summed E-state index contributed by atoms with van der Waals surface area (Å²) < 4.78 is 42.8. The first-order valence-corrected chi connectivity index (χ1v) is 4.42. The zero-order chi connectivity index (χ0) is 10.6. The molecule has 0 saturated carbocycles. The van der Waals surface area contributed by atoms with Crippen molar-refractivity contribution in [3.05, 3.63) is 29.6 Å². The summed E-state index contributed by atoms with van der Waals surface area (Å²) in [5, 5.41) is 0. The van der Waals surface area contributed by atoms with Crippen molar-refractivity contribution in [3.63, 3.8) is 0 Å². The summed E-state index contributed by atoms with van der Waals surface area (Å²) >= 11 is 0. The van der Waals surface area contributed by atoms with E-state index in [2.05, 4.69) is 0 Å². The normalized spacial score (nSPS) is 10.3. The van der Waals surface area contributed by atoms with E-state index < -0.39 is 17.5 Å². The Morgan fingerprint density at radius 2 is 1.71 bits per heavy atom. The summed E-state index contributed by atoms with van der Waals surface area (Å²) in [6.45, 7) is 2.34. The molecule has 0 N–H and O–H groups in total. The SMILES string of the molecule is CCCCOc1cc(F)c(F)c(F)c1. The Bertz CT molecular complexity index is 289. The van der Waals surface area contributed by atoms with Crippen LogP contribution in [0.4, 0.5) is 13.2 Å². The average molecular weight is 204 g/mol. The number of rotatable bonds is 4. The van der Waals surface area contributed by atoms with Crippen LogP contribution in [0.25, 0.3) is 0 Å². The summed E-state index contributed by atoms with van der Waals surface area (Å²) in [5.41, 5.74) is 0. The maximum atomic E-state index is 12.7. The number of benzene rings is 1. The van der Waals surface area contributed by atoms with Crippen LogP contribution < -0.4 is 4.74 Å². The molecular formula is C10H11F3O. The molecule has 0 fully saturated rings. The molecule has 4 heteroatoms. The van der Waals surface area contributed by atoms with Gasteiger partial charge in [-0.3, -0.25) is 0 Å². The van der Waals surface area contributed by atoms with Crippen LogP contribution in [0.15, 0.2) is 12.1 Å². The van der Waals surface area contributed by atoms with Gasteiger partial charge in [0.25, 0.3) is 0 Å². The first-order valence-electron chi connectivity index (χ1n) is 4.42. The van der Waals surface area contributed by atoms with Crippen LogP contribution in [0.5, 0.6) is 5.75 Å². The first-order chi connectivity index (χ1) is 6.65. The standard InChI is InChI=1S/C10H11F3O/c1-2-3-4-14-7-5-8(11)10(13)9(12)6-7/h5-6H,2-4H2,1H3. The minimum Gasteiger partial charge on any atom is -0.493 e. The topological polar surface area (TPSA) is 9.23 Å². The molecule has 0 bridgehead atoms. The number of hydrogen-bond acceptors (Lipinski definition) is 1. The summed E-state index contributed by atoms with van der Waals surface area (Å²) in [5.74, 6) is -3.89. The number of ether oxygens (including phenoxy) is 1. The molecule has 1 aromatic rings. The highest BCUT2D eigenvalue weighted by Gasteiger charge is 2.10. The smallest absolute Gasteiger partial charge is 0.194 e.